The van der Waals surface area contributed by atoms with Crippen LogP contribution in [0.3, 0.4) is 0 Å². The highest BCUT2D eigenvalue weighted by molar-refractivity contribution is 4.81. The molecule has 0 aromatic heterocycles. The number of hydrogen-bond donors (Lipinski definition) is 3. The molecular weight excluding hydrogens is 204 g/mol. The molecule has 4 heteroatoms. The van der Waals surface area contributed by atoms with E-state index in [2.05, 4.69) is 26.1 Å². The van der Waals surface area contributed by atoms with Crippen molar-refractivity contribution in [2.75, 3.05) is 20.3 Å². The minimum Gasteiger partial charge on any atom is -0.396 e. The Morgan fingerprint density at radius 1 is 1.38 bits per heavy atom. The van der Waals surface area contributed by atoms with E-state index in [9.17, 15) is 0 Å². The molecule has 0 aliphatic carbocycles. The lowest BCUT2D eigenvalue weighted by Gasteiger charge is -2.31. The first-order valence-electron chi connectivity index (χ1n) is 6.11. The normalized spacial score (nSPS) is 16.1. The summed E-state index contributed by atoms with van der Waals surface area (Å²) in [5.41, 5.74) is 5.60. The first kappa shape index (κ1) is 15.8. The fourth-order valence-electron chi connectivity index (χ4n) is 1.78. The predicted molar refractivity (Wildman–Crippen MR) is 67.5 cm³/mol. The van der Waals surface area contributed by atoms with Gasteiger partial charge in [0.05, 0.1) is 5.60 Å². The van der Waals surface area contributed by atoms with Gasteiger partial charge in [0.1, 0.15) is 0 Å². The third kappa shape index (κ3) is 6.43. The van der Waals surface area contributed by atoms with Crippen molar-refractivity contribution < 1.29 is 9.84 Å². The molecular formula is C12H28N2O2. The molecule has 0 heterocycles. The second-order valence-electron chi connectivity index (χ2n) is 4.88. The van der Waals surface area contributed by atoms with Gasteiger partial charge in [-0.3, -0.25) is 0 Å². The predicted octanol–water partition coefficient (Wildman–Crippen LogP) is 0.879. The lowest BCUT2D eigenvalue weighted by molar-refractivity contribution is 0.00656. The highest BCUT2D eigenvalue weighted by atomic mass is 16.5. The van der Waals surface area contributed by atoms with Gasteiger partial charge in [-0.05, 0) is 33.1 Å². The van der Waals surface area contributed by atoms with Gasteiger partial charge in [0.25, 0.3) is 0 Å². The molecule has 0 aromatic rings. The summed E-state index contributed by atoms with van der Waals surface area (Å²) in [5, 5.41) is 12.4. The molecule has 0 saturated carbocycles. The Morgan fingerprint density at radius 2 is 2.00 bits per heavy atom. The van der Waals surface area contributed by atoms with Crippen LogP contribution in [0, 0.1) is 0 Å². The third-order valence-electron chi connectivity index (χ3n) is 3.02. The number of nitrogens with one attached hydrogen (secondary N) is 1. The number of nitrogens with two attached hydrogens (primary N) is 1. The van der Waals surface area contributed by atoms with Crippen molar-refractivity contribution in [2.24, 2.45) is 5.73 Å². The van der Waals surface area contributed by atoms with E-state index in [-0.39, 0.29) is 18.2 Å². The molecule has 0 aliphatic heterocycles. The van der Waals surface area contributed by atoms with Gasteiger partial charge in [0.15, 0.2) is 0 Å². The Kier molecular flexibility index (Phi) is 7.93. The van der Waals surface area contributed by atoms with Crippen LogP contribution in [0.5, 0.6) is 0 Å². The van der Waals surface area contributed by atoms with Crippen LogP contribution in [0.15, 0.2) is 0 Å². The van der Waals surface area contributed by atoms with Crippen LogP contribution in [0.2, 0.25) is 0 Å². The zero-order valence-corrected chi connectivity index (χ0v) is 11.1. The fourth-order valence-corrected chi connectivity index (χ4v) is 1.78. The number of aliphatic hydroxyl groups is 1. The molecule has 0 rings (SSSR count). The minimum absolute atomic E-state index is 0.158. The molecule has 0 aliphatic rings. The maximum absolute atomic E-state index is 8.94. The van der Waals surface area contributed by atoms with Gasteiger partial charge in [0, 0.05) is 32.3 Å². The molecule has 0 aromatic carbocycles. The van der Waals surface area contributed by atoms with Crippen LogP contribution in [0.1, 0.15) is 40.0 Å². The molecule has 0 saturated heterocycles. The maximum Gasteiger partial charge on any atom is 0.0638 e. The van der Waals surface area contributed by atoms with Gasteiger partial charge in [0.2, 0.25) is 0 Å². The van der Waals surface area contributed by atoms with Gasteiger partial charge < -0.3 is 20.9 Å². The molecule has 0 radical (unpaired) electrons. The Hall–Kier alpha value is -0.160. The van der Waals surface area contributed by atoms with E-state index >= 15 is 0 Å². The van der Waals surface area contributed by atoms with Gasteiger partial charge in [-0.1, -0.05) is 6.92 Å². The molecule has 16 heavy (non-hydrogen) atoms. The van der Waals surface area contributed by atoms with Gasteiger partial charge in [-0.15, -0.1) is 0 Å². The van der Waals surface area contributed by atoms with Gasteiger partial charge >= 0.3 is 0 Å². The molecule has 0 amide bonds. The quantitative estimate of drug-likeness (QED) is 0.552. The van der Waals surface area contributed by atoms with E-state index in [1.807, 2.05) is 0 Å². The van der Waals surface area contributed by atoms with E-state index < -0.39 is 0 Å². The Labute approximate surface area is 99.6 Å². The fraction of sp³-hybridized carbons (Fsp3) is 1.00. The van der Waals surface area contributed by atoms with Crippen LogP contribution >= 0.6 is 0 Å². The van der Waals surface area contributed by atoms with Crippen molar-refractivity contribution in [3.8, 4) is 0 Å². The average Bonchev–Trinajstić information content (AvgIpc) is 2.27. The van der Waals surface area contributed by atoms with Crippen molar-refractivity contribution in [3.63, 3.8) is 0 Å². The number of ether oxygens (including phenoxy) is 1. The molecule has 0 spiro atoms. The minimum atomic E-state index is -0.158. The summed E-state index contributed by atoms with van der Waals surface area (Å²) in [7, 11) is 1.72. The number of aliphatic hydroxyl groups excluding tert-OH is 1. The van der Waals surface area contributed by atoms with Crippen molar-refractivity contribution >= 4 is 0 Å². The molecule has 2 atom stereocenters. The second-order valence-corrected chi connectivity index (χ2v) is 4.88. The summed E-state index contributed by atoms with van der Waals surface area (Å²) in [5.74, 6) is 0. The summed E-state index contributed by atoms with van der Waals surface area (Å²) in [6.45, 7) is 7.04. The zero-order valence-electron chi connectivity index (χ0n) is 11.1. The molecule has 4 nitrogen and oxygen atoms in total. The standard InChI is InChI=1S/C12H28N2O2/c1-5-10(6-7-15)14-11(9-13)8-12(2,3)16-4/h10-11,14-15H,5-9,13H2,1-4H3. The molecule has 0 fully saturated rings. The molecule has 2 unspecified atom stereocenters. The Bertz CT molecular complexity index is 174. The van der Waals surface area contributed by atoms with Crippen molar-refractivity contribution in [2.45, 2.75) is 57.7 Å². The lowest BCUT2D eigenvalue weighted by Crippen LogP contribution is -2.47. The monoisotopic (exact) mass is 232 g/mol. The first-order chi connectivity index (χ1) is 7.49. The molecule has 4 N–H and O–H groups in total. The van der Waals surface area contributed by atoms with Crippen LogP contribution in [0.4, 0.5) is 0 Å². The lowest BCUT2D eigenvalue weighted by atomic mass is 9.97. The van der Waals surface area contributed by atoms with Crippen molar-refractivity contribution in [1.29, 1.82) is 0 Å². The van der Waals surface area contributed by atoms with Crippen molar-refractivity contribution in [1.82, 2.24) is 5.32 Å². The SMILES string of the molecule is CCC(CCO)NC(CN)CC(C)(C)OC. The summed E-state index contributed by atoms with van der Waals surface area (Å²) in [4.78, 5) is 0. The maximum atomic E-state index is 8.94. The summed E-state index contributed by atoms with van der Waals surface area (Å²) in [6.07, 6.45) is 2.66. The van der Waals surface area contributed by atoms with E-state index in [1.54, 1.807) is 7.11 Å². The highest BCUT2D eigenvalue weighted by Crippen LogP contribution is 2.16. The number of methoxy groups -OCH3 is 1. The number of rotatable bonds is 9. The first-order valence-corrected chi connectivity index (χ1v) is 6.11. The molecule has 98 valence electrons. The summed E-state index contributed by atoms with van der Waals surface area (Å²) >= 11 is 0. The Balaban J connectivity index is 4.17. The van der Waals surface area contributed by atoms with E-state index in [0.29, 0.717) is 12.6 Å². The summed E-state index contributed by atoms with van der Waals surface area (Å²) < 4.78 is 5.40. The molecule has 0 bridgehead atoms. The van der Waals surface area contributed by atoms with Gasteiger partial charge in [-0.25, -0.2) is 0 Å². The second kappa shape index (κ2) is 8.01. The number of hydrogen-bond acceptors (Lipinski definition) is 4. The van der Waals surface area contributed by atoms with Crippen LogP contribution in [-0.4, -0.2) is 43.1 Å². The Morgan fingerprint density at radius 3 is 2.38 bits per heavy atom. The van der Waals surface area contributed by atoms with E-state index in [0.717, 1.165) is 19.3 Å². The van der Waals surface area contributed by atoms with E-state index in [4.69, 9.17) is 15.6 Å². The van der Waals surface area contributed by atoms with Crippen molar-refractivity contribution in [3.05, 3.63) is 0 Å². The smallest absolute Gasteiger partial charge is 0.0638 e. The topological polar surface area (TPSA) is 67.5 Å². The largest absolute Gasteiger partial charge is 0.396 e. The van der Waals surface area contributed by atoms with Crippen LogP contribution in [-0.2, 0) is 4.74 Å². The van der Waals surface area contributed by atoms with E-state index in [1.165, 1.54) is 0 Å². The highest BCUT2D eigenvalue weighted by Gasteiger charge is 2.23. The summed E-state index contributed by atoms with van der Waals surface area (Å²) in [6, 6.07) is 0.581. The zero-order chi connectivity index (χ0) is 12.6. The van der Waals surface area contributed by atoms with Crippen LogP contribution < -0.4 is 11.1 Å². The average molecular weight is 232 g/mol. The third-order valence-corrected chi connectivity index (χ3v) is 3.02. The van der Waals surface area contributed by atoms with Gasteiger partial charge in [-0.2, -0.15) is 0 Å². The van der Waals surface area contributed by atoms with Crippen LogP contribution in [0.25, 0.3) is 0 Å².